The highest BCUT2D eigenvalue weighted by atomic mass is 35.5. The third-order valence-electron chi connectivity index (χ3n) is 3.54. The summed E-state index contributed by atoms with van der Waals surface area (Å²) in [6, 6.07) is 3.43. The van der Waals surface area contributed by atoms with Gasteiger partial charge in [-0.25, -0.2) is 4.79 Å². The number of carbonyl (C=O) groups excluding carboxylic acids is 1. The van der Waals surface area contributed by atoms with E-state index in [0.717, 1.165) is 4.88 Å². The van der Waals surface area contributed by atoms with Crippen molar-refractivity contribution in [2.75, 3.05) is 13.1 Å². The largest absolute Gasteiger partial charge is 0.481 e. The van der Waals surface area contributed by atoms with Crippen LogP contribution >= 0.6 is 22.9 Å². The Hall–Kier alpha value is -1.27. The van der Waals surface area contributed by atoms with Crippen molar-refractivity contribution < 1.29 is 14.7 Å². The molecular formula is C13H17ClN2O3S. The van der Waals surface area contributed by atoms with Crippen LogP contribution in [0.3, 0.4) is 0 Å². The Kier molecular flexibility index (Phi) is 4.55. The van der Waals surface area contributed by atoms with Crippen LogP contribution in [-0.2, 0) is 11.3 Å². The van der Waals surface area contributed by atoms with Crippen molar-refractivity contribution >= 4 is 34.9 Å². The van der Waals surface area contributed by atoms with Crippen LogP contribution in [0.15, 0.2) is 12.1 Å². The lowest BCUT2D eigenvalue weighted by Crippen LogP contribution is -2.51. The lowest BCUT2D eigenvalue weighted by Gasteiger charge is -2.37. The molecule has 110 valence electrons. The van der Waals surface area contributed by atoms with Gasteiger partial charge in [0.2, 0.25) is 0 Å². The monoisotopic (exact) mass is 316 g/mol. The van der Waals surface area contributed by atoms with Gasteiger partial charge in [0.25, 0.3) is 0 Å². The molecule has 0 bridgehead atoms. The van der Waals surface area contributed by atoms with E-state index in [4.69, 9.17) is 11.6 Å². The topological polar surface area (TPSA) is 69.6 Å². The molecule has 0 radical (unpaired) electrons. The maximum absolute atomic E-state index is 12.1. The summed E-state index contributed by atoms with van der Waals surface area (Å²) in [5, 5.41) is 12.0. The first-order chi connectivity index (χ1) is 9.40. The zero-order chi connectivity index (χ0) is 14.8. The quantitative estimate of drug-likeness (QED) is 0.901. The zero-order valence-electron chi connectivity index (χ0n) is 11.2. The molecule has 1 unspecified atom stereocenters. The summed E-state index contributed by atoms with van der Waals surface area (Å²) in [5.74, 6) is -0.847. The van der Waals surface area contributed by atoms with E-state index in [9.17, 15) is 14.7 Å². The van der Waals surface area contributed by atoms with Gasteiger partial charge >= 0.3 is 12.0 Å². The van der Waals surface area contributed by atoms with Crippen LogP contribution in [0.25, 0.3) is 0 Å². The summed E-state index contributed by atoms with van der Waals surface area (Å²) in [6.07, 6.45) is 1.31. The molecule has 2 rings (SSSR count). The van der Waals surface area contributed by atoms with E-state index in [0.29, 0.717) is 30.3 Å². The number of urea groups is 1. The number of carboxylic acids is 1. The van der Waals surface area contributed by atoms with E-state index in [1.165, 1.54) is 11.3 Å². The second-order valence-electron chi connectivity index (χ2n) is 5.26. The van der Waals surface area contributed by atoms with Gasteiger partial charge in [-0.3, -0.25) is 4.79 Å². The number of nitrogens with zero attached hydrogens (tertiary/aromatic N) is 1. The molecule has 1 atom stereocenters. The molecule has 1 aromatic rings. The number of carbonyl (C=O) groups is 2. The number of likely N-dealkylation sites (tertiary alicyclic amines) is 1. The van der Waals surface area contributed by atoms with Crippen molar-refractivity contribution in [2.24, 2.45) is 5.41 Å². The first-order valence-electron chi connectivity index (χ1n) is 6.41. The molecule has 1 saturated heterocycles. The van der Waals surface area contributed by atoms with Crippen molar-refractivity contribution in [2.45, 2.75) is 26.3 Å². The summed E-state index contributed by atoms with van der Waals surface area (Å²) in [5.41, 5.74) is -0.845. The standard InChI is InChI=1S/C13H17ClN2O3S/c1-13(11(17)18)5-2-6-16(8-13)12(19)15-7-9-3-4-10(14)20-9/h3-4H,2,5-8H2,1H3,(H,15,19)(H,17,18). The molecule has 1 fully saturated rings. The molecule has 2 amide bonds. The van der Waals surface area contributed by atoms with E-state index in [2.05, 4.69) is 5.32 Å². The third-order valence-corrected chi connectivity index (χ3v) is 4.77. The Balaban J connectivity index is 1.90. The average Bonchev–Trinajstić information content (AvgIpc) is 2.81. The number of amides is 2. The predicted molar refractivity (Wildman–Crippen MR) is 78.1 cm³/mol. The smallest absolute Gasteiger partial charge is 0.317 e. The molecule has 0 saturated carbocycles. The lowest BCUT2D eigenvalue weighted by atomic mass is 9.82. The van der Waals surface area contributed by atoms with E-state index >= 15 is 0 Å². The molecule has 1 aliphatic rings. The van der Waals surface area contributed by atoms with Gasteiger partial charge < -0.3 is 15.3 Å². The average molecular weight is 317 g/mol. The minimum Gasteiger partial charge on any atom is -0.481 e. The van der Waals surface area contributed by atoms with Crippen LogP contribution in [0, 0.1) is 5.41 Å². The van der Waals surface area contributed by atoms with Crippen molar-refractivity contribution in [3.8, 4) is 0 Å². The van der Waals surface area contributed by atoms with Crippen LogP contribution in [0.1, 0.15) is 24.6 Å². The molecule has 1 aromatic heterocycles. The van der Waals surface area contributed by atoms with Gasteiger partial charge in [0.15, 0.2) is 0 Å². The first kappa shape index (κ1) is 15.1. The number of nitrogens with one attached hydrogen (secondary N) is 1. The van der Waals surface area contributed by atoms with Crippen LogP contribution in [0.4, 0.5) is 4.79 Å². The van der Waals surface area contributed by atoms with Crippen molar-refractivity contribution in [3.05, 3.63) is 21.3 Å². The molecule has 0 aromatic carbocycles. The maximum Gasteiger partial charge on any atom is 0.317 e. The van der Waals surface area contributed by atoms with Crippen LogP contribution in [-0.4, -0.2) is 35.1 Å². The number of rotatable bonds is 3. The Bertz CT molecular complexity index is 519. The van der Waals surface area contributed by atoms with Gasteiger partial charge in [-0.15, -0.1) is 11.3 Å². The summed E-state index contributed by atoms with van der Waals surface area (Å²) in [6.45, 7) is 2.95. The number of hydrogen-bond acceptors (Lipinski definition) is 3. The fourth-order valence-electron chi connectivity index (χ4n) is 2.31. The molecule has 0 spiro atoms. The molecule has 7 heteroatoms. The van der Waals surface area contributed by atoms with E-state index in [-0.39, 0.29) is 12.6 Å². The van der Waals surface area contributed by atoms with Gasteiger partial charge in [-0.1, -0.05) is 11.6 Å². The number of hydrogen-bond donors (Lipinski definition) is 2. The molecule has 0 aliphatic carbocycles. The fourth-order valence-corrected chi connectivity index (χ4v) is 3.34. The molecular weight excluding hydrogens is 300 g/mol. The van der Waals surface area contributed by atoms with E-state index in [1.807, 2.05) is 6.07 Å². The molecule has 5 nitrogen and oxygen atoms in total. The second kappa shape index (κ2) is 6.01. The summed E-state index contributed by atoms with van der Waals surface area (Å²) >= 11 is 7.25. The molecule has 2 heterocycles. The molecule has 1 aliphatic heterocycles. The summed E-state index contributed by atoms with van der Waals surface area (Å²) < 4.78 is 0.686. The van der Waals surface area contributed by atoms with E-state index in [1.54, 1.807) is 17.9 Å². The summed E-state index contributed by atoms with van der Waals surface area (Å²) in [4.78, 5) is 25.9. The Morgan fingerprint density at radius 1 is 1.55 bits per heavy atom. The second-order valence-corrected chi connectivity index (χ2v) is 7.06. The highest BCUT2D eigenvalue weighted by Crippen LogP contribution is 2.29. The van der Waals surface area contributed by atoms with Gasteiger partial charge in [-0.05, 0) is 31.9 Å². The highest BCUT2D eigenvalue weighted by Gasteiger charge is 2.39. The number of halogens is 1. The normalized spacial score (nSPS) is 22.6. The van der Waals surface area contributed by atoms with Crippen molar-refractivity contribution in [1.29, 1.82) is 0 Å². The van der Waals surface area contributed by atoms with Crippen LogP contribution in [0.5, 0.6) is 0 Å². The van der Waals surface area contributed by atoms with Crippen LogP contribution in [0.2, 0.25) is 4.34 Å². The number of piperidine rings is 1. The predicted octanol–water partition coefficient (Wildman–Crippen LogP) is 2.80. The number of carboxylic acid groups (broad SMARTS) is 1. The summed E-state index contributed by atoms with van der Waals surface area (Å²) in [7, 11) is 0. The SMILES string of the molecule is CC1(C(=O)O)CCCN(C(=O)NCc2ccc(Cl)s2)C1. The van der Waals surface area contributed by atoms with E-state index < -0.39 is 11.4 Å². The Morgan fingerprint density at radius 2 is 2.30 bits per heavy atom. The fraction of sp³-hybridized carbons (Fsp3) is 0.538. The Labute approximate surface area is 126 Å². The first-order valence-corrected chi connectivity index (χ1v) is 7.60. The molecule has 20 heavy (non-hydrogen) atoms. The maximum atomic E-state index is 12.1. The van der Waals surface area contributed by atoms with Gasteiger partial charge in [0.05, 0.1) is 16.3 Å². The van der Waals surface area contributed by atoms with Gasteiger partial charge in [-0.2, -0.15) is 0 Å². The van der Waals surface area contributed by atoms with Crippen LogP contribution < -0.4 is 5.32 Å². The van der Waals surface area contributed by atoms with Crippen molar-refractivity contribution in [3.63, 3.8) is 0 Å². The number of thiophene rings is 1. The van der Waals surface area contributed by atoms with Crippen molar-refractivity contribution in [1.82, 2.24) is 10.2 Å². The lowest BCUT2D eigenvalue weighted by molar-refractivity contribution is -0.150. The molecule has 2 N–H and O–H groups in total. The minimum absolute atomic E-state index is 0.221. The third kappa shape index (κ3) is 3.43. The van der Waals surface area contributed by atoms with Gasteiger partial charge in [0.1, 0.15) is 0 Å². The Morgan fingerprint density at radius 3 is 2.90 bits per heavy atom. The number of aliphatic carboxylic acids is 1. The van der Waals surface area contributed by atoms with Gasteiger partial charge in [0, 0.05) is 18.0 Å². The highest BCUT2D eigenvalue weighted by molar-refractivity contribution is 7.16. The zero-order valence-corrected chi connectivity index (χ0v) is 12.8. The minimum atomic E-state index is -0.847.